The molecular formula is C23H28N2O3. The van der Waals surface area contributed by atoms with Crippen molar-refractivity contribution in [1.82, 2.24) is 4.90 Å². The minimum absolute atomic E-state index is 0.0621. The van der Waals surface area contributed by atoms with Gasteiger partial charge in [-0.15, -0.1) is 0 Å². The highest BCUT2D eigenvalue weighted by atomic mass is 16.5. The molecule has 0 bridgehead atoms. The molecule has 1 heterocycles. The number of ether oxygens (including phenoxy) is 1. The lowest BCUT2D eigenvalue weighted by Gasteiger charge is -2.35. The van der Waals surface area contributed by atoms with E-state index in [1.54, 1.807) is 0 Å². The molecule has 1 amide bonds. The van der Waals surface area contributed by atoms with E-state index in [4.69, 9.17) is 4.74 Å². The largest absolute Gasteiger partial charge is 0.466 e. The zero-order chi connectivity index (χ0) is 19.9. The van der Waals surface area contributed by atoms with Crippen LogP contribution in [0.2, 0.25) is 0 Å². The van der Waals surface area contributed by atoms with Crippen LogP contribution in [0.3, 0.4) is 0 Å². The number of rotatable bonds is 6. The number of para-hydroxylation sites is 1. The molecule has 0 aromatic heterocycles. The Labute approximate surface area is 166 Å². The molecule has 5 nitrogen and oxygen atoms in total. The smallest absolute Gasteiger partial charge is 0.310 e. The summed E-state index contributed by atoms with van der Waals surface area (Å²) in [4.78, 5) is 27.1. The van der Waals surface area contributed by atoms with Crippen molar-refractivity contribution in [3.63, 3.8) is 0 Å². The van der Waals surface area contributed by atoms with Gasteiger partial charge in [-0.2, -0.15) is 0 Å². The Hall–Kier alpha value is -2.66. The molecule has 2 atom stereocenters. The van der Waals surface area contributed by atoms with E-state index in [9.17, 15) is 9.59 Å². The summed E-state index contributed by atoms with van der Waals surface area (Å²) in [5, 5.41) is 3.08. The molecule has 5 heteroatoms. The molecule has 148 valence electrons. The van der Waals surface area contributed by atoms with Gasteiger partial charge in [-0.1, -0.05) is 48.5 Å². The number of benzene rings is 2. The number of hydrogen-bond donors (Lipinski definition) is 1. The highest BCUT2D eigenvalue weighted by Gasteiger charge is 2.31. The summed E-state index contributed by atoms with van der Waals surface area (Å²) >= 11 is 0. The first-order chi connectivity index (χ1) is 13.6. The van der Waals surface area contributed by atoms with Crippen molar-refractivity contribution in [2.75, 3.05) is 25.0 Å². The van der Waals surface area contributed by atoms with E-state index in [1.807, 2.05) is 68.4 Å². The van der Waals surface area contributed by atoms with Crippen LogP contribution in [0, 0.1) is 5.92 Å². The normalized spacial score (nSPS) is 18.3. The maximum atomic E-state index is 12.9. The number of likely N-dealkylation sites (tertiary alicyclic amines) is 1. The maximum Gasteiger partial charge on any atom is 0.310 e. The number of nitrogens with one attached hydrogen (secondary N) is 1. The standard InChI is InChI=1S/C23H28N2O3/c1-3-28-23(27)19-12-9-15-25(16-19)17(2)22(26)24-21-14-8-7-13-20(21)18-10-5-4-6-11-18/h4-8,10-11,13-14,17,19H,3,9,12,15-16H2,1-2H3,(H,24,26). The number of piperidine rings is 1. The lowest BCUT2D eigenvalue weighted by molar-refractivity contribution is -0.150. The molecule has 28 heavy (non-hydrogen) atoms. The molecule has 2 unspecified atom stereocenters. The van der Waals surface area contributed by atoms with Gasteiger partial charge in [0.2, 0.25) is 5.91 Å². The van der Waals surface area contributed by atoms with Crippen LogP contribution in [0.5, 0.6) is 0 Å². The van der Waals surface area contributed by atoms with E-state index < -0.39 is 0 Å². The number of amides is 1. The van der Waals surface area contributed by atoms with Crippen molar-refractivity contribution in [3.05, 3.63) is 54.6 Å². The van der Waals surface area contributed by atoms with Gasteiger partial charge in [0.25, 0.3) is 0 Å². The summed E-state index contributed by atoms with van der Waals surface area (Å²) < 4.78 is 5.16. The van der Waals surface area contributed by atoms with Crippen LogP contribution in [0.15, 0.2) is 54.6 Å². The summed E-state index contributed by atoms with van der Waals surface area (Å²) in [6.45, 7) is 5.48. The van der Waals surface area contributed by atoms with E-state index in [2.05, 4.69) is 10.2 Å². The van der Waals surface area contributed by atoms with Crippen molar-refractivity contribution in [3.8, 4) is 11.1 Å². The lowest BCUT2D eigenvalue weighted by atomic mass is 9.96. The number of hydrogen-bond acceptors (Lipinski definition) is 4. The SMILES string of the molecule is CCOC(=O)C1CCCN(C(C)C(=O)Nc2ccccc2-c2ccccc2)C1. The van der Waals surface area contributed by atoms with Gasteiger partial charge < -0.3 is 10.1 Å². The molecule has 3 rings (SSSR count). The molecule has 1 aliphatic heterocycles. The van der Waals surface area contributed by atoms with Crippen LogP contribution in [0.1, 0.15) is 26.7 Å². The van der Waals surface area contributed by atoms with Crippen molar-refractivity contribution < 1.29 is 14.3 Å². The van der Waals surface area contributed by atoms with Gasteiger partial charge in [0.15, 0.2) is 0 Å². The van der Waals surface area contributed by atoms with Crippen molar-refractivity contribution in [1.29, 1.82) is 0 Å². The molecule has 0 saturated carbocycles. The van der Waals surface area contributed by atoms with Crippen LogP contribution in [-0.2, 0) is 14.3 Å². The summed E-state index contributed by atoms with van der Waals surface area (Å²) in [7, 11) is 0. The van der Waals surface area contributed by atoms with Crippen molar-refractivity contribution >= 4 is 17.6 Å². The van der Waals surface area contributed by atoms with Gasteiger partial charge in [-0.05, 0) is 44.9 Å². The quantitative estimate of drug-likeness (QED) is 0.771. The van der Waals surface area contributed by atoms with E-state index in [0.29, 0.717) is 13.2 Å². The van der Waals surface area contributed by atoms with E-state index in [-0.39, 0.29) is 23.8 Å². The number of nitrogens with zero attached hydrogens (tertiary/aromatic N) is 1. The number of carbonyl (C=O) groups excluding carboxylic acids is 2. The van der Waals surface area contributed by atoms with Gasteiger partial charge in [0.1, 0.15) is 0 Å². The van der Waals surface area contributed by atoms with E-state index in [0.717, 1.165) is 36.2 Å². The molecule has 0 radical (unpaired) electrons. The fourth-order valence-corrected chi connectivity index (χ4v) is 3.68. The first-order valence-corrected chi connectivity index (χ1v) is 9.96. The van der Waals surface area contributed by atoms with Crippen LogP contribution in [0.25, 0.3) is 11.1 Å². The van der Waals surface area contributed by atoms with Crippen molar-refractivity contribution in [2.24, 2.45) is 5.92 Å². The molecule has 1 saturated heterocycles. The third-order valence-corrected chi connectivity index (χ3v) is 5.27. The minimum Gasteiger partial charge on any atom is -0.466 e. The summed E-state index contributed by atoms with van der Waals surface area (Å²) in [5.74, 6) is -0.373. The van der Waals surface area contributed by atoms with Crippen LogP contribution in [-0.4, -0.2) is 42.5 Å². The second kappa shape index (κ2) is 9.51. The second-order valence-electron chi connectivity index (χ2n) is 7.16. The second-order valence-corrected chi connectivity index (χ2v) is 7.16. The van der Waals surface area contributed by atoms with E-state index in [1.165, 1.54) is 0 Å². The number of anilines is 1. The van der Waals surface area contributed by atoms with Gasteiger partial charge in [-0.3, -0.25) is 14.5 Å². The Bertz CT molecular complexity index is 807. The Morgan fingerprint density at radius 2 is 1.86 bits per heavy atom. The van der Waals surface area contributed by atoms with Gasteiger partial charge in [-0.25, -0.2) is 0 Å². The average molecular weight is 380 g/mol. The highest BCUT2D eigenvalue weighted by Crippen LogP contribution is 2.28. The molecule has 0 aliphatic carbocycles. The molecule has 0 spiro atoms. The third-order valence-electron chi connectivity index (χ3n) is 5.27. The molecule has 1 N–H and O–H groups in total. The molecule has 1 aliphatic rings. The Balaban J connectivity index is 1.69. The van der Waals surface area contributed by atoms with Crippen molar-refractivity contribution in [2.45, 2.75) is 32.7 Å². The molecular weight excluding hydrogens is 352 g/mol. The topological polar surface area (TPSA) is 58.6 Å². The summed E-state index contributed by atoms with van der Waals surface area (Å²) in [6, 6.07) is 17.5. The fourth-order valence-electron chi connectivity index (χ4n) is 3.68. The zero-order valence-electron chi connectivity index (χ0n) is 16.6. The minimum atomic E-state index is -0.318. The van der Waals surface area contributed by atoms with Gasteiger partial charge >= 0.3 is 5.97 Å². The highest BCUT2D eigenvalue weighted by molar-refractivity contribution is 5.98. The Morgan fingerprint density at radius 1 is 1.14 bits per heavy atom. The third kappa shape index (κ3) is 4.78. The van der Waals surface area contributed by atoms with Gasteiger partial charge in [0, 0.05) is 17.8 Å². The predicted octanol–water partition coefficient (Wildman–Crippen LogP) is 3.96. The molecule has 1 fully saturated rings. The van der Waals surface area contributed by atoms with Crippen LogP contribution < -0.4 is 5.32 Å². The number of esters is 1. The fraction of sp³-hybridized carbons (Fsp3) is 0.391. The Morgan fingerprint density at radius 3 is 2.61 bits per heavy atom. The monoisotopic (exact) mass is 380 g/mol. The van der Waals surface area contributed by atoms with Gasteiger partial charge in [0.05, 0.1) is 18.6 Å². The summed E-state index contributed by atoms with van der Waals surface area (Å²) in [5.41, 5.74) is 2.85. The van der Waals surface area contributed by atoms with Crippen LogP contribution >= 0.6 is 0 Å². The Kier molecular flexibility index (Phi) is 6.82. The number of carbonyl (C=O) groups is 2. The van der Waals surface area contributed by atoms with E-state index >= 15 is 0 Å². The average Bonchev–Trinajstić information content (AvgIpc) is 2.74. The first-order valence-electron chi connectivity index (χ1n) is 9.96. The lowest BCUT2D eigenvalue weighted by Crippen LogP contribution is -2.48. The summed E-state index contributed by atoms with van der Waals surface area (Å²) in [6.07, 6.45) is 1.71. The zero-order valence-corrected chi connectivity index (χ0v) is 16.6. The predicted molar refractivity (Wildman–Crippen MR) is 111 cm³/mol. The molecule has 2 aromatic rings. The maximum absolute atomic E-state index is 12.9. The van der Waals surface area contributed by atoms with Crippen LogP contribution in [0.4, 0.5) is 5.69 Å². The molecule has 2 aromatic carbocycles. The first kappa shape index (κ1) is 20.1.